The van der Waals surface area contributed by atoms with Crippen LogP contribution in [0.2, 0.25) is 0 Å². The van der Waals surface area contributed by atoms with Gasteiger partial charge in [-0.1, -0.05) is 0 Å². The molecule has 0 saturated carbocycles. The summed E-state index contributed by atoms with van der Waals surface area (Å²) in [5.41, 5.74) is -0.279. The number of nitrogens with zero attached hydrogens (tertiary/aromatic N) is 2. The van der Waals surface area contributed by atoms with Gasteiger partial charge in [-0.15, -0.1) is 0 Å². The van der Waals surface area contributed by atoms with Gasteiger partial charge >= 0.3 is 0 Å². The van der Waals surface area contributed by atoms with Crippen LogP contribution in [0.15, 0.2) is 27.2 Å². The quantitative estimate of drug-likeness (QED) is 0.797. The monoisotopic (exact) mass is 296 g/mol. The molecule has 3 heterocycles. The van der Waals surface area contributed by atoms with Crippen molar-refractivity contribution in [2.75, 3.05) is 25.1 Å². The van der Waals surface area contributed by atoms with Gasteiger partial charge in [0.25, 0.3) is 5.91 Å². The van der Waals surface area contributed by atoms with Gasteiger partial charge in [0, 0.05) is 29.1 Å². The fraction of sp³-hybridized carbons (Fsp3) is 0.643. The van der Waals surface area contributed by atoms with Crippen molar-refractivity contribution in [3.05, 3.63) is 24.2 Å². The predicted octanol–water partition coefficient (Wildman–Crippen LogP) is 2.15. The summed E-state index contributed by atoms with van der Waals surface area (Å²) in [5.74, 6) is 1.47. The topological polar surface area (TPSA) is 62.9 Å². The van der Waals surface area contributed by atoms with Crippen molar-refractivity contribution < 1.29 is 13.4 Å². The first-order chi connectivity index (χ1) is 9.59. The Kier molecular flexibility index (Phi) is 3.36. The van der Waals surface area contributed by atoms with Crippen LogP contribution in [-0.4, -0.2) is 45.7 Å². The number of likely N-dealkylation sites (tertiary alicyclic amines) is 1. The molecule has 0 aromatic carbocycles. The first-order valence-corrected chi connectivity index (χ1v) is 8.90. The Morgan fingerprint density at radius 1 is 1.45 bits per heavy atom. The number of carbonyl (C=O) groups is 1. The van der Waals surface area contributed by atoms with Crippen LogP contribution in [0.1, 0.15) is 36.2 Å². The molecule has 1 aromatic rings. The number of carbonyl (C=O) groups excluding carboxylic acids is 1. The second-order valence-corrected chi connectivity index (χ2v) is 8.28. The minimum atomic E-state index is -2.15. The summed E-state index contributed by atoms with van der Waals surface area (Å²) < 4.78 is 22.0. The van der Waals surface area contributed by atoms with Crippen molar-refractivity contribution >= 4 is 15.6 Å². The number of hydrogen-bond acceptors (Lipinski definition) is 4. The van der Waals surface area contributed by atoms with Crippen LogP contribution in [0.3, 0.4) is 0 Å². The van der Waals surface area contributed by atoms with Crippen LogP contribution < -0.4 is 0 Å². The molecule has 2 aliphatic heterocycles. The smallest absolute Gasteiger partial charge is 0.290 e. The normalized spacial score (nSPS) is 33.5. The number of furan rings is 1. The van der Waals surface area contributed by atoms with Gasteiger partial charge in [-0.3, -0.25) is 4.79 Å². The van der Waals surface area contributed by atoms with E-state index >= 15 is 0 Å². The van der Waals surface area contributed by atoms with Gasteiger partial charge in [0.05, 0.1) is 17.6 Å². The lowest BCUT2D eigenvalue weighted by Gasteiger charge is -2.42. The second kappa shape index (κ2) is 4.91. The molecule has 1 spiro atoms. The summed E-state index contributed by atoms with van der Waals surface area (Å²) in [7, 11) is -0.521. The molecule has 0 N–H and O–H groups in total. The minimum absolute atomic E-state index is 0.0766. The Labute approximate surface area is 119 Å². The number of amides is 1. The molecule has 1 aromatic heterocycles. The Morgan fingerprint density at radius 3 is 2.95 bits per heavy atom. The van der Waals surface area contributed by atoms with Crippen LogP contribution in [0, 0.1) is 0 Å². The van der Waals surface area contributed by atoms with E-state index in [0.29, 0.717) is 17.3 Å². The van der Waals surface area contributed by atoms with E-state index in [1.54, 1.807) is 19.2 Å². The van der Waals surface area contributed by atoms with Crippen LogP contribution in [0.25, 0.3) is 0 Å². The SMILES string of the molecule is CN=S1(=O)CCCC2(CCCN2C(=O)c2ccco2)C1. The van der Waals surface area contributed by atoms with E-state index in [2.05, 4.69) is 4.36 Å². The number of hydrogen-bond donors (Lipinski definition) is 0. The molecule has 3 rings (SSSR count). The molecule has 2 unspecified atom stereocenters. The molecule has 2 atom stereocenters. The van der Waals surface area contributed by atoms with Gasteiger partial charge in [-0.25, -0.2) is 8.57 Å². The van der Waals surface area contributed by atoms with E-state index in [0.717, 1.165) is 32.2 Å². The van der Waals surface area contributed by atoms with Crippen LogP contribution >= 0.6 is 0 Å². The van der Waals surface area contributed by atoms with Crippen molar-refractivity contribution in [1.82, 2.24) is 4.90 Å². The van der Waals surface area contributed by atoms with Crippen molar-refractivity contribution in [2.45, 2.75) is 31.2 Å². The molecule has 5 nitrogen and oxygen atoms in total. The highest BCUT2D eigenvalue weighted by molar-refractivity contribution is 7.93. The summed E-state index contributed by atoms with van der Waals surface area (Å²) in [6, 6.07) is 3.42. The summed E-state index contributed by atoms with van der Waals surface area (Å²) in [5, 5.41) is 0. The van der Waals surface area contributed by atoms with Crippen molar-refractivity contribution in [2.24, 2.45) is 4.36 Å². The van der Waals surface area contributed by atoms with Crippen molar-refractivity contribution in [3.63, 3.8) is 0 Å². The Hall–Kier alpha value is -1.30. The van der Waals surface area contributed by atoms with Crippen LogP contribution in [-0.2, 0) is 9.73 Å². The molecule has 0 bridgehead atoms. The average Bonchev–Trinajstić information content (AvgIpc) is 3.08. The zero-order chi connectivity index (χ0) is 14.2. The second-order valence-electron chi connectivity index (χ2n) is 5.67. The maximum atomic E-state index is 12.7. The largest absolute Gasteiger partial charge is 0.459 e. The van der Waals surface area contributed by atoms with Gasteiger partial charge in [-0.2, -0.15) is 0 Å². The average molecular weight is 296 g/mol. The third kappa shape index (κ3) is 2.16. The molecule has 0 aliphatic carbocycles. The minimum Gasteiger partial charge on any atom is -0.459 e. The molecule has 2 aliphatic rings. The van der Waals surface area contributed by atoms with E-state index < -0.39 is 9.73 Å². The number of rotatable bonds is 1. The third-order valence-electron chi connectivity index (χ3n) is 4.51. The summed E-state index contributed by atoms with van der Waals surface area (Å²) >= 11 is 0. The fourth-order valence-electron chi connectivity index (χ4n) is 3.55. The first-order valence-electron chi connectivity index (χ1n) is 7.05. The highest BCUT2D eigenvalue weighted by Crippen LogP contribution is 2.39. The van der Waals surface area contributed by atoms with E-state index in [9.17, 15) is 9.00 Å². The highest BCUT2D eigenvalue weighted by atomic mass is 32.2. The van der Waals surface area contributed by atoms with Gasteiger partial charge in [0.1, 0.15) is 0 Å². The van der Waals surface area contributed by atoms with Gasteiger partial charge in [-0.05, 0) is 37.8 Å². The molecule has 2 saturated heterocycles. The highest BCUT2D eigenvalue weighted by Gasteiger charge is 2.48. The summed E-state index contributed by atoms with van der Waals surface area (Å²) in [6.45, 7) is 0.721. The molecule has 20 heavy (non-hydrogen) atoms. The Morgan fingerprint density at radius 2 is 2.25 bits per heavy atom. The van der Waals surface area contributed by atoms with Crippen molar-refractivity contribution in [3.8, 4) is 0 Å². The maximum absolute atomic E-state index is 12.7. The molecule has 2 fully saturated rings. The molecule has 1 amide bonds. The predicted molar refractivity (Wildman–Crippen MR) is 77.2 cm³/mol. The zero-order valence-electron chi connectivity index (χ0n) is 11.7. The molecule has 110 valence electrons. The standard InChI is InChI=1S/C14H20N2O3S/c1-15-20(18)10-4-7-14(11-20)6-3-8-16(14)13(17)12-5-2-9-19-12/h2,5,9H,3-4,6-8,10-11H2,1H3. The van der Waals surface area contributed by atoms with E-state index in [1.807, 2.05) is 4.90 Å². The Bertz CT molecular complexity index is 616. The van der Waals surface area contributed by atoms with E-state index in [1.165, 1.54) is 6.26 Å². The van der Waals surface area contributed by atoms with E-state index in [-0.39, 0.29) is 11.4 Å². The van der Waals surface area contributed by atoms with Crippen LogP contribution in [0.5, 0.6) is 0 Å². The van der Waals surface area contributed by atoms with Gasteiger partial charge < -0.3 is 9.32 Å². The molecule has 0 radical (unpaired) electrons. The van der Waals surface area contributed by atoms with Crippen LogP contribution in [0.4, 0.5) is 0 Å². The van der Waals surface area contributed by atoms with Crippen molar-refractivity contribution in [1.29, 1.82) is 0 Å². The zero-order valence-corrected chi connectivity index (χ0v) is 12.5. The third-order valence-corrected chi connectivity index (χ3v) is 7.09. The Balaban J connectivity index is 1.92. The van der Waals surface area contributed by atoms with E-state index in [4.69, 9.17) is 4.42 Å². The summed E-state index contributed by atoms with van der Waals surface area (Å²) in [6.07, 6.45) is 5.20. The van der Waals surface area contributed by atoms with Gasteiger partial charge in [0.15, 0.2) is 5.76 Å². The molecular weight excluding hydrogens is 276 g/mol. The molecular formula is C14H20N2O3S. The van der Waals surface area contributed by atoms with Gasteiger partial charge in [0.2, 0.25) is 0 Å². The maximum Gasteiger partial charge on any atom is 0.290 e. The lowest BCUT2D eigenvalue weighted by molar-refractivity contribution is 0.0576. The molecule has 6 heteroatoms. The lowest BCUT2D eigenvalue weighted by Crippen LogP contribution is -2.54. The fourth-order valence-corrected chi connectivity index (χ4v) is 5.88. The first kappa shape index (κ1) is 13.7. The summed E-state index contributed by atoms with van der Waals surface area (Å²) in [4.78, 5) is 14.5. The lowest BCUT2D eigenvalue weighted by atomic mass is 9.92.